The van der Waals surface area contributed by atoms with Crippen LogP contribution in [0.2, 0.25) is 0 Å². The van der Waals surface area contributed by atoms with E-state index in [0.29, 0.717) is 15.9 Å². The Morgan fingerprint density at radius 1 is 0.769 bits per heavy atom. The molecular weight excluding hydrogens is 350 g/mol. The number of halogens is 1. The number of hydrogen-bond donors (Lipinski definition) is 0. The molecule has 0 saturated carbocycles. The minimum absolute atomic E-state index is 0.158. The van der Waals surface area contributed by atoms with Crippen molar-refractivity contribution in [3.05, 3.63) is 97.3 Å². The number of carbonyl (C=O) groups is 1. The SMILES string of the molecule is C=C(F)C(=O)Oc1ccc(P(=O)(c2ccccc2)c2ccccc2)cc1. The maximum absolute atomic E-state index is 14.1. The van der Waals surface area contributed by atoms with E-state index < -0.39 is 18.9 Å². The third kappa shape index (κ3) is 3.51. The molecule has 0 bridgehead atoms. The van der Waals surface area contributed by atoms with Gasteiger partial charge in [-0.1, -0.05) is 67.2 Å². The lowest BCUT2D eigenvalue weighted by atomic mass is 10.3. The number of hydrogen-bond acceptors (Lipinski definition) is 3. The van der Waals surface area contributed by atoms with E-state index in [4.69, 9.17) is 4.74 Å². The summed E-state index contributed by atoms with van der Waals surface area (Å²) in [5.41, 5.74) is 0. The highest BCUT2D eigenvalue weighted by Crippen LogP contribution is 2.42. The van der Waals surface area contributed by atoms with Gasteiger partial charge < -0.3 is 9.30 Å². The van der Waals surface area contributed by atoms with Crippen molar-refractivity contribution in [1.29, 1.82) is 0 Å². The van der Waals surface area contributed by atoms with E-state index in [9.17, 15) is 13.8 Å². The summed E-state index contributed by atoms with van der Waals surface area (Å²) in [6, 6.07) is 24.7. The predicted molar refractivity (Wildman–Crippen MR) is 102 cm³/mol. The zero-order valence-corrected chi connectivity index (χ0v) is 14.7. The monoisotopic (exact) mass is 366 g/mol. The molecule has 3 nitrogen and oxygen atoms in total. The Kier molecular flexibility index (Phi) is 5.15. The fourth-order valence-corrected chi connectivity index (χ4v) is 5.26. The average Bonchev–Trinajstić information content (AvgIpc) is 2.69. The molecule has 0 amide bonds. The highest BCUT2D eigenvalue weighted by Gasteiger charge is 2.29. The molecule has 0 aliphatic rings. The summed E-state index contributed by atoms with van der Waals surface area (Å²) in [5, 5.41) is 2.00. The van der Waals surface area contributed by atoms with Crippen molar-refractivity contribution in [3.8, 4) is 5.75 Å². The van der Waals surface area contributed by atoms with E-state index in [1.54, 1.807) is 12.1 Å². The van der Waals surface area contributed by atoms with Gasteiger partial charge in [0.25, 0.3) is 0 Å². The van der Waals surface area contributed by atoms with Crippen LogP contribution in [0.25, 0.3) is 0 Å². The first-order valence-electron chi connectivity index (χ1n) is 7.90. The van der Waals surface area contributed by atoms with Crippen molar-refractivity contribution < 1.29 is 18.5 Å². The molecule has 0 unspecified atom stereocenters. The normalized spacial score (nSPS) is 11.0. The molecule has 0 atom stereocenters. The number of rotatable bonds is 5. The Hall–Kier alpha value is -2.97. The number of carbonyl (C=O) groups excluding carboxylic acids is 1. The summed E-state index contributed by atoms with van der Waals surface area (Å²) in [7, 11) is -3.08. The van der Waals surface area contributed by atoms with Crippen LogP contribution >= 0.6 is 7.14 Å². The second-order valence-electron chi connectivity index (χ2n) is 5.57. The molecule has 0 aliphatic carbocycles. The van der Waals surface area contributed by atoms with Crippen LogP contribution in [0.15, 0.2) is 97.3 Å². The molecule has 26 heavy (non-hydrogen) atoms. The fraction of sp³-hybridized carbons (Fsp3) is 0. The van der Waals surface area contributed by atoms with E-state index in [0.717, 1.165) is 0 Å². The summed E-state index contributed by atoms with van der Waals surface area (Å²) < 4.78 is 31.7. The summed E-state index contributed by atoms with van der Waals surface area (Å²) >= 11 is 0. The van der Waals surface area contributed by atoms with Gasteiger partial charge in [-0.2, -0.15) is 4.39 Å². The van der Waals surface area contributed by atoms with Crippen LogP contribution in [0.5, 0.6) is 5.75 Å². The van der Waals surface area contributed by atoms with Crippen molar-refractivity contribution in [3.63, 3.8) is 0 Å². The van der Waals surface area contributed by atoms with Crippen LogP contribution in [0, 0.1) is 0 Å². The van der Waals surface area contributed by atoms with Crippen LogP contribution in [-0.2, 0) is 9.36 Å². The van der Waals surface area contributed by atoms with Gasteiger partial charge >= 0.3 is 5.97 Å². The van der Waals surface area contributed by atoms with Crippen molar-refractivity contribution in [1.82, 2.24) is 0 Å². The lowest BCUT2D eigenvalue weighted by Crippen LogP contribution is -2.24. The van der Waals surface area contributed by atoms with Gasteiger partial charge in [0.05, 0.1) is 0 Å². The van der Waals surface area contributed by atoms with Crippen LogP contribution in [0.3, 0.4) is 0 Å². The lowest BCUT2D eigenvalue weighted by Gasteiger charge is -2.20. The summed E-state index contributed by atoms with van der Waals surface area (Å²) in [6.45, 7) is 2.90. The van der Waals surface area contributed by atoms with Gasteiger partial charge in [0.1, 0.15) is 5.75 Å². The first-order valence-corrected chi connectivity index (χ1v) is 9.61. The van der Waals surface area contributed by atoms with E-state index in [1.165, 1.54) is 12.1 Å². The Labute approximate surface area is 151 Å². The fourth-order valence-electron chi connectivity index (χ4n) is 2.61. The van der Waals surface area contributed by atoms with Gasteiger partial charge in [0.15, 0.2) is 7.14 Å². The second-order valence-corrected chi connectivity index (χ2v) is 8.34. The first kappa shape index (κ1) is 17.8. The second kappa shape index (κ2) is 7.51. The zero-order valence-electron chi connectivity index (χ0n) is 13.8. The van der Waals surface area contributed by atoms with Crippen molar-refractivity contribution >= 4 is 29.0 Å². The summed E-state index contributed by atoms with van der Waals surface area (Å²) in [5.74, 6) is -2.16. The lowest BCUT2D eigenvalue weighted by molar-refractivity contribution is -0.131. The molecule has 3 aromatic carbocycles. The molecule has 5 heteroatoms. The Bertz CT molecular complexity index is 924. The summed E-state index contributed by atoms with van der Waals surface area (Å²) in [6.07, 6.45) is 0. The number of esters is 1. The van der Waals surface area contributed by atoms with Crippen LogP contribution in [0.4, 0.5) is 4.39 Å². The molecule has 0 aliphatic heterocycles. The van der Waals surface area contributed by atoms with E-state index >= 15 is 0 Å². The van der Waals surface area contributed by atoms with Gasteiger partial charge in [-0.3, -0.25) is 0 Å². The Morgan fingerprint density at radius 3 is 1.62 bits per heavy atom. The predicted octanol–water partition coefficient (Wildman–Crippen LogP) is 3.71. The number of ether oxygens (including phenoxy) is 1. The summed E-state index contributed by atoms with van der Waals surface area (Å²) in [4.78, 5) is 11.3. The third-order valence-electron chi connectivity index (χ3n) is 3.87. The third-order valence-corrected chi connectivity index (χ3v) is 6.95. The topological polar surface area (TPSA) is 43.4 Å². The molecule has 130 valence electrons. The van der Waals surface area contributed by atoms with Crippen molar-refractivity contribution in [2.24, 2.45) is 0 Å². The highest BCUT2D eigenvalue weighted by molar-refractivity contribution is 7.85. The quantitative estimate of drug-likeness (QED) is 0.299. The molecule has 3 aromatic rings. The Morgan fingerprint density at radius 2 is 1.19 bits per heavy atom. The molecular formula is C21H16FO3P. The number of benzene rings is 3. The average molecular weight is 366 g/mol. The van der Waals surface area contributed by atoms with Crippen LogP contribution in [-0.4, -0.2) is 5.97 Å². The molecule has 0 spiro atoms. The molecule has 3 rings (SSSR count). The van der Waals surface area contributed by atoms with E-state index in [2.05, 4.69) is 6.58 Å². The van der Waals surface area contributed by atoms with Gasteiger partial charge in [0, 0.05) is 15.9 Å². The smallest absolute Gasteiger partial charge is 0.371 e. The molecule has 0 heterocycles. The van der Waals surface area contributed by atoms with Crippen LogP contribution < -0.4 is 20.7 Å². The highest BCUT2D eigenvalue weighted by atomic mass is 31.2. The largest absolute Gasteiger partial charge is 0.421 e. The van der Waals surface area contributed by atoms with Crippen molar-refractivity contribution in [2.75, 3.05) is 0 Å². The van der Waals surface area contributed by atoms with E-state index in [-0.39, 0.29) is 5.75 Å². The van der Waals surface area contributed by atoms with E-state index in [1.807, 2.05) is 60.7 Å². The molecule has 0 radical (unpaired) electrons. The van der Waals surface area contributed by atoms with Gasteiger partial charge in [-0.25, -0.2) is 4.79 Å². The first-order chi connectivity index (χ1) is 12.5. The molecule has 0 saturated heterocycles. The maximum atomic E-state index is 14.1. The van der Waals surface area contributed by atoms with Gasteiger partial charge in [-0.05, 0) is 24.3 Å². The molecule has 0 N–H and O–H groups in total. The standard InChI is InChI=1S/C21H16FO3P/c1-16(22)21(23)25-17-12-14-20(15-13-17)26(24,18-8-4-2-5-9-18)19-10-6-3-7-11-19/h2-15H,1H2. The maximum Gasteiger partial charge on any atom is 0.371 e. The van der Waals surface area contributed by atoms with Crippen LogP contribution in [0.1, 0.15) is 0 Å². The molecule has 0 fully saturated rings. The minimum atomic E-state index is -3.08. The van der Waals surface area contributed by atoms with Crippen molar-refractivity contribution in [2.45, 2.75) is 0 Å². The van der Waals surface area contributed by atoms with Gasteiger partial charge in [0.2, 0.25) is 5.83 Å². The molecule has 0 aromatic heterocycles. The Balaban J connectivity index is 2.05. The van der Waals surface area contributed by atoms with Gasteiger partial charge in [-0.15, -0.1) is 0 Å². The zero-order chi connectivity index (χ0) is 18.6. The minimum Gasteiger partial charge on any atom is -0.421 e.